The zero-order valence-corrected chi connectivity index (χ0v) is 22.6. The van der Waals surface area contributed by atoms with E-state index in [1.165, 1.54) is 25.7 Å². The molecule has 2 bridgehead atoms. The van der Waals surface area contributed by atoms with Gasteiger partial charge >= 0.3 is 0 Å². The molecule has 4 aliphatic rings. The Bertz CT molecular complexity index is 1090. The van der Waals surface area contributed by atoms with E-state index in [2.05, 4.69) is 23.6 Å². The number of halogens is 1. The largest absolute Gasteiger partial charge is 0.496 e. The van der Waals surface area contributed by atoms with E-state index in [1.54, 1.807) is 0 Å². The van der Waals surface area contributed by atoms with Crippen molar-refractivity contribution in [2.24, 2.45) is 29.1 Å². The number of ether oxygens (including phenoxy) is 2. The quantitative estimate of drug-likeness (QED) is 0.465. The molecule has 7 nitrogen and oxygen atoms in total. The molecule has 4 atom stereocenters. The zero-order valence-electron chi connectivity index (χ0n) is 22.6. The monoisotopic (exact) mass is 525 g/mol. The highest BCUT2D eigenvalue weighted by Crippen LogP contribution is 2.49. The first-order chi connectivity index (χ1) is 18.3. The van der Waals surface area contributed by atoms with E-state index in [1.807, 2.05) is 0 Å². The number of carbonyl (C=O) groups excluding carboxylic acids is 2. The third-order valence-electron chi connectivity index (χ3n) is 9.73. The van der Waals surface area contributed by atoms with E-state index >= 15 is 0 Å². The van der Waals surface area contributed by atoms with Gasteiger partial charge in [-0.3, -0.25) is 9.59 Å². The third kappa shape index (κ3) is 5.48. The van der Waals surface area contributed by atoms with Crippen LogP contribution in [0.4, 0.5) is 4.39 Å². The van der Waals surface area contributed by atoms with Crippen molar-refractivity contribution in [3.63, 3.8) is 0 Å². The van der Waals surface area contributed by atoms with Crippen molar-refractivity contribution >= 4 is 11.8 Å². The van der Waals surface area contributed by atoms with Crippen molar-refractivity contribution < 1.29 is 23.5 Å². The smallest absolute Gasteiger partial charge is 0.255 e. The molecule has 2 amide bonds. The third-order valence-corrected chi connectivity index (χ3v) is 9.73. The van der Waals surface area contributed by atoms with Gasteiger partial charge in [0.15, 0.2) is 11.6 Å². The van der Waals surface area contributed by atoms with E-state index in [0.717, 1.165) is 57.8 Å². The van der Waals surface area contributed by atoms with Crippen LogP contribution in [0.15, 0.2) is 12.1 Å². The Balaban J connectivity index is 1.27. The van der Waals surface area contributed by atoms with Crippen LogP contribution >= 0.6 is 0 Å². The highest BCUT2D eigenvalue weighted by atomic mass is 19.1. The summed E-state index contributed by atoms with van der Waals surface area (Å²) in [6.07, 6.45) is 10.1. The number of fused-ring (bicyclic) bond motifs is 2. The van der Waals surface area contributed by atoms with Crippen LogP contribution in [0.1, 0.15) is 87.9 Å². The Morgan fingerprint density at radius 2 is 1.84 bits per heavy atom. The van der Waals surface area contributed by atoms with Crippen molar-refractivity contribution in [2.75, 3.05) is 13.7 Å². The molecule has 0 aliphatic heterocycles. The number of nitrogens with one attached hydrogen (secondary N) is 2. The van der Waals surface area contributed by atoms with Gasteiger partial charge in [-0.25, -0.2) is 4.39 Å². The second kappa shape index (κ2) is 11.1. The molecule has 0 saturated heterocycles. The van der Waals surface area contributed by atoms with E-state index in [0.29, 0.717) is 18.9 Å². The second-order valence-corrected chi connectivity index (χ2v) is 12.3. The summed E-state index contributed by atoms with van der Waals surface area (Å²) in [4.78, 5) is 26.8. The van der Waals surface area contributed by atoms with Gasteiger partial charge in [-0.15, -0.1) is 0 Å². The van der Waals surface area contributed by atoms with Gasteiger partial charge in [0.25, 0.3) is 5.91 Å². The average Bonchev–Trinajstić information content (AvgIpc) is 3.50. The molecule has 8 heteroatoms. The highest BCUT2D eigenvalue weighted by molar-refractivity contribution is 5.98. The summed E-state index contributed by atoms with van der Waals surface area (Å²) in [6, 6.07) is 4.62. The number of methoxy groups -OCH3 is 1. The molecule has 38 heavy (non-hydrogen) atoms. The summed E-state index contributed by atoms with van der Waals surface area (Å²) in [7, 11) is 1.41. The molecule has 1 aromatic rings. The molecule has 0 spiro atoms. The summed E-state index contributed by atoms with van der Waals surface area (Å²) in [6.45, 7) is 2.90. The standard InChI is InChI=1S/C30H40FN3O4/c1-30(11-3-12-30)17-33-29(36)26-19-6-7-20(14-19)27(26)34-28(35)22-15-25(23(31)16-24(22)37-2)38-21-8-4-18(5-9-21)10-13-32/h15-16,18-21,26-27H,3-12,14,17H2,1-2H3,(H,33,36)(H,34,35). The molecule has 0 radical (unpaired) electrons. The molecule has 4 saturated carbocycles. The Hall–Kier alpha value is -2.82. The molecule has 1 aromatic carbocycles. The summed E-state index contributed by atoms with van der Waals surface area (Å²) in [5.41, 5.74) is 0.407. The topological polar surface area (TPSA) is 100 Å². The van der Waals surface area contributed by atoms with Gasteiger partial charge in [-0.2, -0.15) is 5.26 Å². The molecular formula is C30H40FN3O4. The van der Waals surface area contributed by atoms with E-state index in [9.17, 15) is 14.0 Å². The summed E-state index contributed by atoms with van der Waals surface area (Å²) >= 11 is 0. The van der Waals surface area contributed by atoms with Crippen molar-refractivity contribution in [3.05, 3.63) is 23.5 Å². The minimum atomic E-state index is -0.570. The Labute approximate surface area is 224 Å². The van der Waals surface area contributed by atoms with E-state index < -0.39 is 5.82 Å². The number of nitriles is 1. The molecule has 5 rings (SSSR count). The molecule has 4 fully saturated rings. The molecule has 4 unspecified atom stereocenters. The number of hydrogen-bond acceptors (Lipinski definition) is 5. The predicted octanol–water partition coefficient (Wildman–Crippen LogP) is 5.14. The fourth-order valence-electron chi connectivity index (χ4n) is 7.22. The normalized spacial score (nSPS) is 31.1. The maximum Gasteiger partial charge on any atom is 0.255 e. The van der Waals surface area contributed by atoms with Gasteiger partial charge in [-0.05, 0) is 87.0 Å². The van der Waals surface area contributed by atoms with Crippen LogP contribution in [-0.2, 0) is 4.79 Å². The van der Waals surface area contributed by atoms with E-state index in [-0.39, 0.29) is 64.2 Å². The fraction of sp³-hybridized carbons (Fsp3) is 0.700. The Morgan fingerprint density at radius 1 is 1.11 bits per heavy atom. The zero-order chi connectivity index (χ0) is 26.9. The first kappa shape index (κ1) is 26.8. The van der Waals surface area contributed by atoms with Crippen LogP contribution in [-0.4, -0.2) is 37.6 Å². The van der Waals surface area contributed by atoms with E-state index in [4.69, 9.17) is 14.7 Å². The van der Waals surface area contributed by atoms with Gasteiger partial charge in [0.1, 0.15) is 5.75 Å². The van der Waals surface area contributed by atoms with Crippen LogP contribution in [0.2, 0.25) is 0 Å². The summed E-state index contributed by atoms with van der Waals surface area (Å²) in [5.74, 6) is -0.0441. The van der Waals surface area contributed by atoms with Gasteiger partial charge in [0, 0.05) is 25.1 Å². The average molecular weight is 526 g/mol. The van der Waals surface area contributed by atoms with Crippen molar-refractivity contribution in [1.82, 2.24) is 10.6 Å². The lowest BCUT2D eigenvalue weighted by Crippen LogP contribution is -2.51. The van der Waals surface area contributed by atoms with Gasteiger partial charge in [0.2, 0.25) is 5.91 Å². The van der Waals surface area contributed by atoms with Crippen molar-refractivity contribution in [3.8, 4) is 17.6 Å². The molecule has 2 N–H and O–H groups in total. The number of rotatable bonds is 9. The molecule has 206 valence electrons. The number of benzene rings is 1. The molecule has 0 aromatic heterocycles. The van der Waals surface area contributed by atoms with Gasteiger partial charge in [0.05, 0.1) is 30.8 Å². The first-order valence-electron chi connectivity index (χ1n) is 14.3. The van der Waals surface area contributed by atoms with Crippen LogP contribution < -0.4 is 20.1 Å². The number of amides is 2. The lowest BCUT2D eigenvalue weighted by Gasteiger charge is -2.39. The summed E-state index contributed by atoms with van der Waals surface area (Å²) < 4.78 is 26.3. The van der Waals surface area contributed by atoms with Crippen LogP contribution in [0, 0.1) is 46.2 Å². The highest BCUT2D eigenvalue weighted by Gasteiger charge is 2.51. The maximum atomic E-state index is 14.9. The number of carbonyl (C=O) groups is 2. The lowest BCUT2D eigenvalue weighted by atomic mass is 9.70. The number of nitrogens with zero attached hydrogens (tertiary/aromatic N) is 1. The van der Waals surface area contributed by atoms with Crippen LogP contribution in [0.25, 0.3) is 0 Å². The molecule has 0 heterocycles. The molecular weight excluding hydrogens is 485 g/mol. The van der Waals surface area contributed by atoms with Crippen LogP contribution in [0.5, 0.6) is 11.5 Å². The second-order valence-electron chi connectivity index (χ2n) is 12.3. The Kier molecular flexibility index (Phi) is 7.83. The summed E-state index contributed by atoms with van der Waals surface area (Å²) in [5, 5.41) is 15.3. The SMILES string of the molecule is COc1cc(F)c(OC2CCC(CC#N)CC2)cc1C(=O)NC1C2CCC(C2)C1C(=O)NCC1(C)CCC1. The van der Waals surface area contributed by atoms with Gasteiger partial charge in [-0.1, -0.05) is 13.3 Å². The van der Waals surface area contributed by atoms with Crippen LogP contribution in [0.3, 0.4) is 0 Å². The number of hydrogen-bond donors (Lipinski definition) is 2. The minimum absolute atomic E-state index is 0.0376. The minimum Gasteiger partial charge on any atom is -0.496 e. The predicted molar refractivity (Wildman–Crippen MR) is 140 cm³/mol. The molecule has 4 aliphatic carbocycles. The lowest BCUT2D eigenvalue weighted by molar-refractivity contribution is -0.128. The van der Waals surface area contributed by atoms with Crippen molar-refractivity contribution in [2.45, 2.75) is 89.7 Å². The Morgan fingerprint density at radius 3 is 2.50 bits per heavy atom. The fourth-order valence-corrected chi connectivity index (χ4v) is 7.22. The maximum absolute atomic E-state index is 14.9. The van der Waals surface area contributed by atoms with Gasteiger partial charge < -0.3 is 20.1 Å². The van der Waals surface area contributed by atoms with Crippen molar-refractivity contribution in [1.29, 1.82) is 5.26 Å². The first-order valence-corrected chi connectivity index (χ1v) is 14.3.